The summed E-state index contributed by atoms with van der Waals surface area (Å²) in [7, 11) is 0. The van der Waals surface area contributed by atoms with Gasteiger partial charge in [-0.2, -0.15) is 0 Å². The standard InChI is InChI=1S/C23H26N4O4/c1-15(29)22-25-8-9-27(22)20(13-24)19-10-21(31-26-19)18-6-4-16(5-7-18)2-3-17-11-23(30,12-17)14-28/h4-10,15,17,20,28-30H,11-14,24H2,1H3/t15-,17?,20+,23?/m0/s1. The van der Waals surface area contributed by atoms with Gasteiger partial charge in [-0.15, -0.1) is 0 Å². The molecule has 2 aromatic heterocycles. The second-order valence-electron chi connectivity index (χ2n) is 8.07. The number of aromatic nitrogens is 3. The maximum Gasteiger partial charge on any atom is 0.167 e. The van der Waals surface area contributed by atoms with Crippen molar-refractivity contribution < 1.29 is 19.8 Å². The molecule has 1 fully saturated rings. The highest BCUT2D eigenvalue weighted by Gasteiger charge is 2.41. The van der Waals surface area contributed by atoms with E-state index in [0.29, 0.717) is 30.1 Å². The Bertz CT molecular complexity index is 1080. The first-order valence-corrected chi connectivity index (χ1v) is 10.2. The predicted molar refractivity (Wildman–Crippen MR) is 114 cm³/mol. The Kier molecular flexibility index (Phi) is 5.94. The highest BCUT2D eigenvalue weighted by Crippen LogP contribution is 2.36. The normalized spacial score (nSPS) is 22.3. The predicted octanol–water partition coefficient (Wildman–Crippen LogP) is 1.62. The lowest BCUT2D eigenvalue weighted by Crippen LogP contribution is -2.46. The van der Waals surface area contributed by atoms with Crippen molar-refractivity contribution in [1.82, 2.24) is 14.7 Å². The van der Waals surface area contributed by atoms with E-state index < -0.39 is 11.7 Å². The summed E-state index contributed by atoms with van der Waals surface area (Å²) in [6.07, 6.45) is 3.68. The summed E-state index contributed by atoms with van der Waals surface area (Å²) in [5.74, 6) is 7.49. The van der Waals surface area contributed by atoms with Crippen LogP contribution >= 0.6 is 0 Å². The van der Waals surface area contributed by atoms with Gasteiger partial charge in [-0.25, -0.2) is 4.98 Å². The van der Waals surface area contributed by atoms with Crippen molar-refractivity contribution in [3.05, 3.63) is 59.8 Å². The fraction of sp³-hybridized carbons (Fsp3) is 0.391. The molecule has 0 amide bonds. The molecule has 162 valence electrons. The third-order valence-electron chi connectivity index (χ3n) is 5.64. The van der Waals surface area contributed by atoms with Crippen LogP contribution in [0.1, 0.15) is 49.0 Å². The van der Waals surface area contributed by atoms with Crippen molar-refractivity contribution in [1.29, 1.82) is 0 Å². The van der Waals surface area contributed by atoms with Gasteiger partial charge in [-0.3, -0.25) is 0 Å². The molecular weight excluding hydrogens is 396 g/mol. The van der Waals surface area contributed by atoms with Gasteiger partial charge in [0.1, 0.15) is 17.6 Å². The lowest BCUT2D eigenvalue weighted by Gasteiger charge is -2.39. The van der Waals surface area contributed by atoms with E-state index in [2.05, 4.69) is 22.0 Å². The van der Waals surface area contributed by atoms with E-state index in [1.165, 1.54) is 0 Å². The summed E-state index contributed by atoms with van der Waals surface area (Å²) in [5.41, 5.74) is 7.40. The van der Waals surface area contributed by atoms with Gasteiger partial charge >= 0.3 is 0 Å². The quantitative estimate of drug-likeness (QED) is 0.444. The molecule has 0 unspecified atom stereocenters. The largest absolute Gasteiger partial charge is 0.393 e. The van der Waals surface area contributed by atoms with Crippen molar-refractivity contribution in [2.45, 2.75) is 37.5 Å². The van der Waals surface area contributed by atoms with Crippen molar-refractivity contribution in [2.24, 2.45) is 11.7 Å². The molecule has 2 heterocycles. The minimum absolute atomic E-state index is 0.108. The zero-order valence-electron chi connectivity index (χ0n) is 17.3. The maximum atomic E-state index is 9.93. The maximum absolute atomic E-state index is 9.93. The average molecular weight is 422 g/mol. The zero-order chi connectivity index (χ0) is 22.0. The van der Waals surface area contributed by atoms with E-state index in [9.17, 15) is 10.2 Å². The van der Waals surface area contributed by atoms with Gasteiger partial charge in [0.15, 0.2) is 5.76 Å². The first-order chi connectivity index (χ1) is 14.9. The summed E-state index contributed by atoms with van der Waals surface area (Å²) < 4.78 is 7.35. The SMILES string of the molecule is C[C@H](O)c1nccn1[C@H](CN)c1cc(-c2ccc(C#CC3CC(O)(CO)C3)cc2)on1. The Hall–Kier alpha value is -2.96. The number of nitrogens with zero attached hydrogens (tertiary/aromatic N) is 3. The van der Waals surface area contributed by atoms with Gasteiger partial charge in [0.25, 0.3) is 0 Å². The summed E-state index contributed by atoms with van der Waals surface area (Å²) in [6, 6.07) is 9.18. The van der Waals surface area contributed by atoms with E-state index >= 15 is 0 Å². The molecule has 8 heteroatoms. The highest BCUT2D eigenvalue weighted by atomic mass is 16.5. The van der Waals surface area contributed by atoms with Gasteiger partial charge in [-0.05, 0) is 44.0 Å². The van der Waals surface area contributed by atoms with Crippen LogP contribution in [-0.4, -0.2) is 48.8 Å². The van der Waals surface area contributed by atoms with Gasteiger partial charge in [0.2, 0.25) is 0 Å². The summed E-state index contributed by atoms with van der Waals surface area (Å²) >= 11 is 0. The topological polar surface area (TPSA) is 131 Å². The molecule has 0 bridgehead atoms. The molecule has 1 aliphatic carbocycles. The molecule has 8 nitrogen and oxygen atoms in total. The van der Waals surface area contributed by atoms with Crippen LogP contribution in [0.25, 0.3) is 11.3 Å². The third-order valence-corrected chi connectivity index (χ3v) is 5.64. The average Bonchev–Trinajstić information content (AvgIpc) is 3.42. The number of hydrogen-bond acceptors (Lipinski definition) is 7. The number of benzene rings is 1. The Balaban J connectivity index is 1.47. The monoisotopic (exact) mass is 422 g/mol. The van der Waals surface area contributed by atoms with Crippen LogP contribution < -0.4 is 5.73 Å². The van der Waals surface area contributed by atoms with Crippen LogP contribution in [0.2, 0.25) is 0 Å². The number of hydrogen-bond donors (Lipinski definition) is 4. The second kappa shape index (κ2) is 8.65. The molecule has 1 aliphatic rings. The number of rotatable bonds is 6. The fourth-order valence-corrected chi connectivity index (χ4v) is 3.86. The van der Waals surface area contributed by atoms with Crippen molar-refractivity contribution in [3.63, 3.8) is 0 Å². The van der Waals surface area contributed by atoms with Crippen LogP contribution in [0.3, 0.4) is 0 Å². The first kappa shape index (κ1) is 21.3. The van der Waals surface area contributed by atoms with E-state index in [4.69, 9.17) is 15.4 Å². The minimum Gasteiger partial charge on any atom is -0.393 e. The molecule has 0 aliphatic heterocycles. The summed E-state index contributed by atoms with van der Waals surface area (Å²) in [4.78, 5) is 4.20. The van der Waals surface area contributed by atoms with Gasteiger partial charge < -0.3 is 30.1 Å². The van der Waals surface area contributed by atoms with Gasteiger partial charge in [-0.1, -0.05) is 17.0 Å². The number of aliphatic hydroxyl groups is 3. The lowest BCUT2D eigenvalue weighted by molar-refractivity contribution is -0.0926. The molecule has 5 N–H and O–H groups in total. The number of nitrogens with two attached hydrogens (primary N) is 1. The van der Waals surface area contributed by atoms with Gasteiger partial charge in [0, 0.05) is 42.0 Å². The molecule has 2 atom stereocenters. The number of aliphatic hydroxyl groups excluding tert-OH is 2. The van der Waals surface area contributed by atoms with E-state index in [1.807, 2.05) is 34.9 Å². The second-order valence-corrected chi connectivity index (χ2v) is 8.07. The Labute approximate surface area is 180 Å². The molecule has 0 saturated heterocycles. The molecular formula is C23H26N4O4. The van der Waals surface area contributed by atoms with Crippen molar-refractivity contribution in [2.75, 3.05) is 13.2 Å². The Morgan fingerprint density at radius 3 is 2.71 bits per heavy atom. The smallest absolute Gasteiger partial charge is 0.167 e. The van der Waals surface area contributed by atoms with Crippen LogP contribution in [0, 0.1) is 17.8 Å². The Morgan fingerprint density at radius 2 is 2.06 bits per heavy atom. The van der Waals surface area contributed by atoms with Crippen molar-refractivity contribution >= 4 is 0 Å². The van der Waals surface area contributed by atoms with E-state index in [-0.39, 0.29) is 25.1 Å². The lowest BCUT2D eigenvalue weighted by atomic mass is 9.72. The van der Waals surface area contributed by atoms with Crippen LogP contribution in [0.5, 0.6) is 0 Å². The van der Waals surface area contributed by atoms with Crippen LogP contribution in [0.15, 0.2) is 47.2 Å². The first-order valence-electron chi connectivity index (χ1n) is 10.2. The fourth-order valence-electron chi connectivity index (χ4n) is 3.86. The molecule has 3 aromatic rings. The zero-order valence-corrected chi connectivity index (χ0v) is 17.3. The van der Waals surface area contributed by atoms with Crippen molar-refractivity contribution in [3.8, 4) is 23.2 Å². The van der Waals surface area contributed by atoms with E-state index in [0.717, 1.165) is 11.1 Å². The molecule has 1 aromatic carbocycles. The molecule has 1 saturated carbocycles. The molecule has 0 radical (unpaired) electrons. The van der Waals surface area contributed by atoms with Crippen LogP contribution in [-0.2, 0) is 0 Å². The highest BCUT2D eigenvalue weighted by molar-refractivity contribution is 5.59. The summed E-state index contributed by atoms with van der Waals surface area (Å²) in [5, 5.41) is 33.1. The van der Waals surface area contributed by atoms with Crippen LogP contribution in [0.4, 0.5) is 0 Å². The minimum atomic E-state index is -0.957. The van der Waals surface area contributed by atoms with Gasteiger partial charge in [0.05, 0.1) is 18.2 Å². The third kappa shape index (κ3) is 4.40. The van der Waals surface area contributed by atoms with E-state index in [1.54, 1.807) is 19.3 Å². The molecule has 0 spiro atoms. The number of imidazole rings is 1. The molecule has 4 rings (SSSR count). The Morgan fingerprint density at radius 1 is 1.32 bits per heavy atom. The summed E-state index contributed by atoms with van der Waals surface area (Å²) in [6.45, 7) is 1.72. The molecule has 31 heavy (non-hydrogen) atoms.